The Kier molecular flexibility index (Phi) is 8.74. The second kappa shape index (κ2) is 13.0. The maximum Gasteiger partial charge on any atom is 0.407 e. The summed E-state index contributed by atoms with van der Waals surface area (Å²) in [5.74, 6) is -1.72. The molecule has 1 aliphatic rings. The van der Waals surface area contributed by atoms with Crippen molar-refractivity contribution in [3.63, 3.8) is 0 Å². The first-order valence-corrected chi connectivity index (χ1v) is 13.7. The second-order valence-electron chi connectivity index (χ2n) is 10.1. The summed E-state index contributed by atoms with van der Waals surface area (Å²) >= 11 is 0. The predicted molar refractivity (Wildman–Crippen MR) is 156 cm³/mol. The van der Waals surface area contributed by atoms with Crippen molar-refractivity contribution in [3.05, 3.63) is 131 Å². The summed E-state index contributed by atoms with van der Waals surface area (Å²) in [4.78, 5) is 39.8. The van der Waals surface area contributed by atoms with Crippen LogP contribution >= 0.6 is 0 Å². The zero-order chi connectivity index (χ0) is 28.6. The average Bonchev–Trinajstić information content (AvgIpc) is 3.32. The van der Waals surface area contributed by atoms with Crippen LogP contribution in [0.15, 0.2) is 109 Å². The lowest BCUT2D eigenvalue weighted by Crippen LogP contribution is -2.50. The lowest BCUT2D eigenvalue weighted by Gasteiger charge is -2.27. The van der Waals surface area contributed by atoms with Crippen LogP contribution in [0.5, 0.6) is 0 Å². The van der Waals surface area contributed by atoms with Gasteiger partial charge in [0.2, 0.25) is 5.91 Å². The van der Waals surface area contributed by atoms with Crippen LogP contribution in [0.1, 0.15) is 34.6 Å². The van der Waals surface area contributed by atoms with E-state index in [0.717, 1.165) is 33.4 Å². The Bertz CT molecular complexity index is 1460. The molecule has 0 fully saturated rings. The molecule has 7 nitrogen and oxygen atoms in total. The number of hydrogen-bond acceptors (Lipinski definition) is 4. The molecule has 0 saturated heterocycles. The van der Waals surface area contributed by atoms with Crippen molar-refractivity contribution in [1.82, 2.24) is 10.2 Å². The van der Waals surface area contributed by atoms with E-state index in [0.29, 0.717) is 6.42 Å². The average molecular weight is 549 g/mol. The highest BCUT2D eigenvalue weighted by Crippen LogP contribution is 2.44. The van der Waals surface area contributed by atoms with Crippen molar-refractivity contribution in [2.45, 2.75) is 31.3 Å². The van der Waals surface area contributed by atoms with Gasteiger partial charge < -0.3 is 20.1 Å². The van der Waals surface area contributed by atoms with Crippen LogP contribution in [0.4, 0.5) is 4.79 Å². The maximum atomic E-state index is 13.7. The van der Waals surface area contributed by atoms with Crippen molar-refractivity contribution < 1.29 is 24.2 Å². The van der Waals surface area contributed by atoms with Crippen LogP contribution in [0, 0.1) is 0 Å². The highest BCUT2D eigenvalue weighted by Gasteiger charge is 2.31. The van der Waals surface area contributed by atoms with Crippen LogP contribution in [-0.2, 0) is 27.3 Å². The molecule has 1 aliphatic carbocycles. The first-order chi connectivity index (χ1) is 20.0. The number of ether oxygens (including phenoxy) is 1. The smallest absolute Gasteiger partial charge is 0.407 e. The van der Waals surface area contributed by atoms with E-state index in [1.807, 2.05) is 97.1 Å². The van der Waals surface area contributed by atoms with E-state index in [1.165, 1.54) is 4.90 Å². The highest BCUT2D eigenvalue weighted by molar-refractivity contribution is 5.88. The molecule has 0 heterocycles. The molecule has 41 heavy (non-hydrogen) atoms. The van der Waals surface area contributed by atoms with E-state index < -0.39 is 30.6 Å². The first-order valence-electron chi connectivity index (χ1n) is 13.7. The minimum Gasteiger partial charge on any atom is -0.480 e. The predicted octanol–water partition coefficient (Wildman–Crippen LogP) is 5.64. The van der Waals surface area contributed by atoms with Gasteiger partial charge in [-0.3, -0.25) is 9.59 Å². The van der Waals surface area contributed by atoms with E-state index in [9.17, 15) is 19.5 Å². The van der Waals surface area contributed by atoms with Crippen LogP contribution in [0.3, 0.4) is 0 Å². The molecule has 2 N–H and O–H groups in total. The third kappa shape index (κ3) is 6.81. The minimum atomic E-state index is -1.13. The van der Waals surface area contributed by atoms with E-state index in [2.05, 4.69) is 17.4 Å². The Morgan fingerprint density at radius 3 is 1.88 bits per heavy atom. The van der Waals surface area contributed by atoms with Gasteiger partial charge >= 0.3 is 12.1 Å². The number of alkyl carbamates (subject to hydrolysis) is 1. The monoisotopic (exact) mass is 548 g/mol. The van der Waals surface area contributed by atoms with Crippen LogP contribution in [0.2, 0.25) is 0 Å². The molecular weight excluding hydrogens is 516 g/mol. The molecule has 5 rings (SSSR count). The van der Waals surface area contributed by atoms with Crippen LogP contribution in [-0.4, -0.2) is 47.2 Å². The van der Waals surface area contributed by atoms with Crippen molar-refractivity contribution in [1.29, 1.82) is 0 Å². The molecule has 4 aromatic rings. The number of benzene rings is 4. The summed E-state index contributed by atoms with van der Waals surface area (Å²) in [6.07, 6.45) is 0.0960. The largest absolute Gasteiger partial charge is 0.480 e. The number of amides is 2. The van der Waals surface area contributed by atoms with Gasteiger partial charge in [0.1, 0.15) is 19.2 Å². The standard InChI is InChI=1S/C34H32N2O5/c37-32(38)22-36(21-25-13-5-2-6-14-25)33(39)31(20-19-24-11-3-1-4-12-24)35-34(40)41-23-30-28-17-9-7-15-26(28)27-16-8-10-18-29(27)30/h1-18,30-31H,19-23H2,(H,35,40)(H,37,38). The van der Waals surface area contributed by atoms with Gasteiger partial charge in [0.15, 0.2) is 0 Å². The van der Waals surface area contributed by atoms with Crippen LogP contribution in [0.25, 0.3) is 11.1 Å². The zero-order valence-electron chi connectivity index (χ0n) is 22.6. The number of carboxylic acids is 1. The molecule has 1 unspecified atom stereocenters. The number of aryl methyl sites for hydroxylation is 1. The fraction of sp³-hybridized carbons (Fsp3) is 0.206. The number of fused-ring (bicyclic) bond motifs is 3. The van der Waals surface area contributed by atoms with Crippen LogP contribution < -0.4 is 5.32 Å². The van der Waals surface area contributed by atoms with Gasteiger partial charge in [-0.2, -0.15) is 0 Å². The highest BCUT2D eigenvalue weighted by atomic mass is 16.5. The van der Waals surface area contributed by atoms with E-state index in [4.69, 9.17) is 4.74 Å². The normalized spacial score (nSPS) is 12.6. The Morgan fingerprint density at radius 1 is 0.756 bits per heavy atom. The molecule has 7 heteroatoms. The minimum absolute atomic E-state index is 0.111. The molecule has 0 radical (unpaired) electrons. The Hall–Kier alpha value is -4.91. The molecule has 2 amide bonds. The summed E-state index contributed by atoms with van der Waals surface area (Å²) < 4.78 is 5.71. The molecule has 0 spiro atoms. The fourth-order valence-corrected chi connectivity index (χ4v) is 5.39. The lowest BCUT2D eigenvalue weighted by atomic mass is 9.98. The van der Waals surface area contributed by atoms with E-state index >= 15 is 0 Å². The molecule has 0 aromatic heterocycles. The Balaban J connectivity index is 1.31. The van der Waals surface area contributed by atoms with Gasteiger partial charge in [-0.25, -0.2) is 4.79 Å². The van der Waals surface area contributed by atoms with Crippen molar-refractivity contribution in [2.75, 3.05) is 13.2 Å². The molecule has 0 bridgehead atoms. The number of aliphatic carboxylic acids is 1. The molecule has 0 aliphatic heterocycles. The number of nitrogens with one attached hydrogen (secondary N) is 1. The fourth-order valence-electron chi connectivity index (χ4n) is 5.39. The number of rotatable bonds is 11. The third-order valence-corrected chi connectivity index (χ3v) is 7.35. The molecule has 4 aromatic carbocycles. The van der Waals surface area contributed by atoms with Crippen molar-refractivity contribution in [3.8, 4) is 11.1 Å². The van der Waals surface area contributed by atoms with Crippen molar-refractivity contribution in [2.24, 2.45) is 0 Å². The van der Waals surface area contributed by atoms with Gasteiger partial charge in [-0.05, 0) is 46.2 Å². The van der Waals surface area contributed by atoms with Gasteiger partial charge in [0.05, 0.1) is 0 Å². The lowest BCUT2D eigenvalue weighted by molar-refractivity contribution is -0.145. The topological polar surface area (TPSA) is 95.9 Å². The van der Waals surface area contributed by atoms with E-state index in [1.54, 1.807) is 0 Å². The quantitative estimate of drug-likeness (QED) is 0.253. The molecular formula is C34H32N2O5. The number of carbonyl (C=O) groups excluding carboxylic acids is 2. The van der Waals surface area contributed by atoms with E-state index in [-0.39, 0.29) is 25.5 Å². The van der Waals surface area contributed by atoms with Crippen molar-refractivity contribution >= 4 is 18.0 Å². The summed E-state index contributed by atoms with van der Waals surface area (Å²) in [6, 6.07) is 34.0. The molecule has 1 atom stereocenters. The summed E-state index contributed by atoms with van der Waals surface area (Å²) in [6.45, 7) is -0.259. The van der Waals surface area contributed by atoms with Gasteiger partial charge in [0.25, 0.3) is 0 Å². The third-order valence-electron chi connectivity index (χ3n) is 7.35. The molecule has 0 saturated carbocycles. The second-order valence-corrected chi connectivity index (χ2v) is 10.1. The summed E-state index contributed by atoms with van der Waals surface area (Å²) in [7, 11) is 0. The zero-order valence-corrected chi connectivity index (χ0v) is 22.6. The number of carbonyl (C=O) groups is 3. The number of carboxylic acid groups (broad SMARTS) is 1. The summed E-state index contributed by atoms with van der Waals surface area (Å²) in [5, 5.41) is 12.3. The van der Waals surface area contributed by atoms with Gasteiger partial charge in [-0.1, -0.05) is 109 Å². The number of nitrogens with zero attached hydrogens (tertiary/aromatic N) is 1. The Morgan fingerprint density at radius 2 is 1.29 bits per heavy atom. The van der Waals surface area contributed by atoms with Gasteiger partial charge in [-0.15, -0.1) is 0 Å². The molecule has 208 valence electrons. The van der Waals surface area contributed by atoms with Gasteiger partial charge in [0, 0.05) is 12.5 Å². The first kappa shape index (κ1) is 27.6. The number of hydrogen-bond donors (Lipinski definition) is 2. The maximum absolute atomic E-state index is 13.7. The SMILES string of the molecule is O=C(O)CN(Cc1ccccc1)C(=O)C(CCc1ccccc1)NC(=O)OCC1c2ccccc2-c2ccccc21. The Labute approximate surface area is 239 Å². The summed E-state index contributed by atoms with van der Waals surface area (Å²) in [5.41, 5.74) is 6.23.